The molecule has 1 amide bonds. The molecule has 2 aromatic carbocycles. The molecule has 0 atom stereocenters. The minimum Gasteiger partial charge on any atom is -0.546 e. The average Bonchev–Trinajstić information content (AvgIpc) is 2.89. The summed E-state index contributed by atoms with van der Waals surface area (Å²) in [6.07, 6.45) is 1.72. The van der Waals surface area contributed by atoms with E-state index in [1.807, 2.05) is 30.3 Å². The molecule has 1 fully saturated rings. The standard InChI is InChI=1S/C19H15NO4S2/c21-17(22)12-24-15-8-4-7-14(9-15)10-16-18(23)20(19(25)26-16)11-13-5-2-1-3-6-13/h1-10H,11-12H2,(H,21,22)/p-1/b16-10+. The Morgan fingerprint density at radius 3 is 2.69 bits per heavy atom. The van der Waals surface area contributed by atoms with Crippen LogP contribution in [0.2, 0.25) is 0 Å². The summed E-state index contributed by atoms with van der Waals surface area (Å²) in [7, 11) is 0. The van der Waals surface area contributed by atoms with Crippen molar-refractivity contribution in [2.24, 2.45) is 0 Å². The highest BCUT2D eigenvalue weighted by atomic mass is 32.2. The second kappa shape index (κ2) is 8.16. The molecule has 2 aromatic rings. The molecular formula is C19H14NO4S2-. The van der Waals surface area contributed by atoms with E-state index in [0.29, 0.717) is 21.5 Å². The summed E-state index contributed by atoms with van der Waals surface area (Å²) in [5.74, 6) is -1.05. The number of nitrogens with zero attached hydrogens (tertiary/aromatic N) is 1. The van der Waals surface area contributed by atoms with Gasteiger partial charge in [0.25, 0.3) is 5.91 Å². The van der Waals surface area contributed by atoms with E-state index in [1.54, 1.807) is 35.2 Å². The SMILES string of the molecule is O=C([O-])COc1cccc(/C=C2/SC(=S)N(Cc3ccccc3)C2=O)c1. The van der Waals surface area contributed by atoms with E-state index in [1.165, 1.54) is 11.8 Å². The minimum absolute atomic E-state index is 0.148. The van der Waals surface area contributed by atoms with Gasteiger partial charge in [-0.05, 0) is 29.3 Å². The number of thiocarbonyl (C=S) groups is 1. The van der Waals surface area contributed by atoms with Crippen molar-refractivity contribution in [2.45, 2.75) is 6.54 Å². The van der Waals surface area contributed by atoms with Crippen molar-refractivity contribution in [3.8, 4) is 5.75 Å². The number of hydrogen-bond donors (Lipinski definition) is 0. The number of amides is 1. The molecule has 0 aromatic heterocycles. The number of rotatable bonds is 6. The molecule has 7 heteroatoms. The number of carbonyl (C=O) groups is 2. The zero-order valence-corrected chi connectivity index (χ0v) is 15.2. The molecule has 26 heavy (non-hydrogen) atoms. The van der Waals surface area contributed by atoms with Gasteiger partial charge in [-0.3, -0.25) is 9.69 Å². The van der Waals surface area contributed by atoms with Crippen LogP contribution in [0, 0.1) is 0 Å². The first-order valence-corrected chi connectivity index (χ1v) is 8.97. The largest absolute Gasteiger partial charge is 0.546 e. The fourth-order valence-corrected chi connectivity index (χ4v) is 3.65. The number of hydrogen-bond acceptors (Lipinski definition) is 6. The van der Waals surface area contributed by atoms with Crippen LogP contribution in [0.4, 0.5) is 0 Å². The van der Waals surface area contributed by atoms with E-state index in [-0.39, 0.29) is 5.91 Å². The zero-order valence-electron chi connectivity index (χ0n) is 13.6. The molecule has 0 aliphatic carbocycles. The summed E-state index contributed by atoms with van der Waals surface area (Å²) < 4.78 is 5.61. The van der Waals surface area contributed by atoms with Gasteiger partial charge in [0.05, 0.1) is 17.4 Å². The number of ether oxygens (including phenoxy) is 1. The number of carboxylic acid groups (broad SMARTS) is 1. The summed E-state index contributed by atoms with van der Waals surface area (Å²) in [5.41, 5.74) is 1.73. The fraction of sp³-hybridized carbons (Fsp3) is 0.105. The van der Waals surface area contributed by atoms with Gasteiger partial charge in [-0.25, -0.2) is 0 Å². The maximum Gasteiger partial charge on any atom is 0.266 e. The van der Waals surface area contributed by atoms with Crippen LogP contribution in [0.3, 0.4) is 0 Å². The Morgan fingerprint density at radius 2 is 1.96 bits per heavy atom. The molecule has 0 N–H and O–H groups in total. The van der Waals surface area contributed by atoms with Crippen LogP contribution < -0.4 is 9.84 Å². The number of carboxylic acids is 1. The summed E-state index contributed by atoms with van der Waals surface area (Å²) in [6.45, 7) is -0.0970. The number of benzene rings is 2. The Balaban J connectivity index is 1.75. The van der Waals surface area contributed by atoms with E-state index in [2.05, 4.69) is 0 Å². The van der Waals surface area contributed by atoms with Crippen molar-refractivity contribution in [1.82, 2.24) is 4.90 Å². The number of aliphatic carboxylic acids is 1. The van der Waals surface area contributed by atoms with Crippen molar-refractivity contribution in [1.29, 1.82) is 0 Å². The maximum atomic E-state index is 12.7. The summed E-state index contributed by atoms with van der Waals surface area (Å²) in [4.78, 5) is 25.2. The predicted octanol–water partition coefficient (Wildman–Crippen LogP) is 2.22. The summed E-state index contributed by atoms with van der Waals surface area (Å²) in [6, 6.07) is 16.5. The third-order valence-corrected chi connectivity index (χ3v) is 4.95. The van der Waals surface area contributed by atoms with Crippen molar-refractivity contribution >= 4 is 46.3 Å². The van der Waals surface area contributed by atoms with Crippen LogP contribution in [-0.2, 0) is 16.1 Å². The molecule has 3 rings (SSSR count). The molecule has 1 heterocycles. The van der Waals surface area contributed by atoms with Gasteiger partial charge in [-0.2, -0.15) is 0 Å². The van der Waals surface area contributed by atoms with Gasteiger partial charge in [0.15, 0.2) is 0 Å². The lowest BCUT2D eigenvalue weighted by Crippen LogP contribution is -2.28. The predicted molar refractivity (Wildman–Crippen MR) is 102 cm³/mol. The quantitative estimate of drug-likeness (QED) is 0.562. The van der Waals surface area contributed by atoms with Gasteiger partial charge >= 0.3 is 0 Å². The monoisotopic (exact) mass is 384 g/mol. The normalized spacial score (nSPS) is 15.5. The van der Waals surface area contributed by atoms with Crippen LogP contribution in [0.25, 0.3) is 6.08 Å². The first kappa shape index (κ1) is 18.2. The molecular weight excluding hydrogens is 370 g/mol. The van der Waals surface area contributed by atoms with Gasteiger partial charge in [0.2, 0.25) is 0 Å². The maximum absolute atomic E-state index is 12.7. The molecule has 1 aliphatic heterocycles. The van der Waals surface area contributed by atoms with Gasteiger partial charge < -0.3 is 14.6 Å². The summed E-state index contributed by atoms with van der Waals surface area (Å²) >= 11 is 6.58. The van der Waals surface area contributed by atoms with Crippen LogP contribution in [0.15, 0.2) is 59.5 Å². The van der Waals surface area contributed by atoms with E-state index in [9.17, 15) is 14.7 Å². The molecule has 0 radical (unpaired) electrons. The minimum atomic E-state index is -1.29. The van der Waals surface area contributed by atoms with E-state index in [4.69, 9.17) is 17.0 Å². The van der Waals surface area contributed by atoms with Gasteiger partial charge in [0, 0.05) is 0 Å². The van der Waals surface area contributed by atoms with Gasteiger partial charge in [0.1, 0.15) is 16.7 Å². The molecule has 0 saturated carbocycles. The molecule has 1 aliphatic rings. The molecule has 1 saturated heterocycles. The highest BCUT2D eigenvalue weighted by Gasteiger charge is 2.31. The first-order valence-electron chi connectivity index (χ1n) is 7.75. The van der Waals surface area contributed by atoms with Crippen molar-refractivity contribution in [3.63, 3.8) is 0 Å². The highest BCUT2D eigenvalue weighted by molar-refractivity contribution is 8.26. The Morgan fingerprint density at radius 1 is 1.19 bits per heavy atom. The third-order valence-electron chi connectivity index (χ3n) is 3.57. The number of carbonyl (C=O) groups excluding carboxylic acids is 2. The Kier molecular flexibility index (Phi) is 5.70. The number of thioether (sulfide) groups is 1. The Bertz CT molecular complexity index is 880. The lowest BCUT2D eigenvalue weighted by atomic mass is 10.2. The molecule has 0 bridgehead atoms. The van der Waals surface area contributed by atoms with Crippen LogP contribution in [0.5, 0.6) is 5.75 Å². The average molecular weight is 384 g/mol. The van der Waals surface area contributed by atoms with Gasteiger partial charge in [-0.15, -0.1) is 0 Å². The molecule has 0 unspecified atom stereocenters. The van der Waals surface area contributed by atoms with Crippen molar-refractivity contribution in [3.05, 3.63) is 70.6 Å². The van der Waals surface area contributed by atoms with E-state index >= 15 is 0 Å². The first-order chi connectivity index (χ1) is 12.5. The van der Waals surface area contributed by atoms with E-state index in [0.717, 1.165) is 11.1 Å². The topological polar surface area (TPSA) is 69.7 Å². The van der Waals surface area contributed by atoms with Gasteiger partial charge in [-0.1, -0.05) is 66.4 Å². The lowest BCUT2D eigenvalue weighted by molar-refractivity contribution is -0.307. The second-order valence-electron chi connectivity index (χ2n) is 5.49. The fourth-order valence-electron chi connectivity index (χ4n) is 2.39. The van der Waals surface area contributed by atoms with Crippen LogP contribution in [-0.4, -0.2) is 27.7 Å². The molecule has 0 spiro atoms. The summed E-state index contributed by atoms with van der Waals surface area (Å²) in [5, 5.41) is 10.5. The lowest BCUT2D eigenvalue weighted by Gasteiger charge is -2.14. The third kappa shape index (κ3) is 4.50. The van der Waals surface area contributed by atoms with Crippen LogP contribution >= 0.6 is 24.0 Å². The Labute approximate surface area is 160 Å². The van der Waals surface area contributed by atoms with Crippen molar-refractivity contribution in [2.75, 3.05) is 6.61 Å². The van der Waals surface area contributed by atoms with Crippen molar-refractivity contribution < 1.29 is 19.4 Å². The van der Waals surface area contributed by atoms with E-state index < -0.39 is 12.6 Å². The highest BCUT2D eigenvalue weighted by Crippen LogP contribution is 2.34. The molecule has 5 nitrogen and oxygen atoms in total. The smallest absolute Gasteiger partial charge is 0.266 e. The van der Waals surface area contributed by atoms with Crippen LogP contribution in [0.1, 0.15) is 11.1 Å². The second-order valence-corrected chi connectivity index (χ2v) is 7.16. The Hall–Kier alpha value is -2.64. The zero-order chi connectivity index (χ0) is 18.5. The molecule has 132 valence electrons.